The number of hydrogen-bond acceptors (Lipinski definition) is 2. The van der Waals surface area contributed by atoms with Gasteiger partial charge in [0.1, 0.15) is 0 Å². The van der Waals surface area contributed by atoms with Gasteiger partial charge in [-0.3, -0.25) is 4.79 Å². The fraction of sp³-hybridized carbons (Fsp3) is 0.917. The first-order valence-electron chi connectivity index (χ1n) is 6.10. The van der Waals surface area contributed by atoms with Gasteiger partial charge >= 0.3 is 0 Å². The molecule has 15 heavy (non-hydrogen) atoms. The summed E-state index contributed by atoms with van der Waals surface area (Å²) in [5.74, 6) is 1.19. The Kier molecular flexibility index (Phi) is 4.58. The third kappa shape index (κ3) is 3.20. The molecule has 1 aliphatic heterocycles. The molecule has 3 heteroatoms. The van der Waals surface area contributed by atoms with Crippen LogP contribution in [0.15, 0.2) is 0 Å². The third-order valence-electron chi connectivity index (χ3n) is 3.51. The summed E-state index contributed by atoms with van der Waals surface area (Å²) in [6.07, 6.45) is 3.53. The number of amides is 1. The molecule has 2 N–H and O–H groups in total. The van der Waals surface area contributed by atoms with Crippen molar-refractivity contribution in [3.8, 4) is 0 Å². The van der Waals surface area contributed by atoms with Crippen LogP contribution in [0.3, 0.4) is 0 Å². The van der Waals surface area contributed by atoms with Crippen LogP contribution in [0, 0.1) is 11.8 Å². The van der Waals surface area contributed by atoms with Crippen molar-refractivity contribution < 1.29 is 4.79 Å². The van der Waals surface area contributed by atoms with Crippen LogP contribution >= 0.6 is 0 Å². The molecule has 1 atom stereocenters. The maximum Gasteiger partial charge on any atom is 0.239 e. The van der Waals surface area contributed by atoms with Gasteiger partial charge in [0.2, 0.25) is 5.91 Å². The highest BCUT2D eigenvalue weighted by molar-refractivity contribution is 5.81. The molecular weight excluding hydrogens is 188 g/mol. The summed E-state index contributed by atoms with van der Waals surface area (Å²) < 4.78 is 0. The first-order valence-corrected chi connectivity index (χ1v) is 6.10. The first kappa shape index (κ1) is 12.5. The van der Waals surface area contributed by atoms with Gasteiger partial charge < -0.3 is 10.6 Å². The van der Waals surface area contributed by atoms with E-state index in [0.717, 1.165) is 31.8 Å². The minimum atomic E-state index is -0.317. The largest absolute Gasteiger partial charge is 0.341 e. The number of nitrogens with zero attached hydrogens (tertiary/aromatic N) is 1. The Bertz CT molecular complexity index is 208. The molecule has 1 heterocycles. The van der Waals surface area contributed by atoms with Gasteiger partial charge in [0.15, 0.2) is 0 Å². The summed E-state index contributed by atoms with van der Waals surface area (Å²) in [5, 5.41) is 0. The Labute approximate surface area is 93.0 Å². The Balaban J connectivity index is 2.42. The van der Waals surface area contributed by atoms with E-state index in [9.17, 15) is 4.79 Å². The molecule has 3 nitrogen and oxygen atoms in total. The van der Waals surface area contributed by atoms with E-state index in [1.165, 1.54) is 6.42 Å². The minimum Gasteiger partial charge on any atom is -0.341 e. The lowest BCUT2D eigenvalue weighted by Crippen LogP contribution is -2.49. The van der Waals surface area contributed by atoms with Crippen molar-refractivity contribution in [1.29, 1.82) is 0 Å². The zero-order valence-corrected chi connectivity index (χ0v) is 10.2. The van der Waals surface area contributed by atoms with Gasteiger partial charge in [-0.1, -0.05) is 27.2 Å². The van der Waals surface area contributed by atoms with Crippen LogP contribution in [0.25, 0.3) is 0 Å². The lowest BCUT2D eigenvalue weighted by atomic mass is 9.93. The second-order valence-electron chi connectivity index (χ2n) is 4.95. The summed E-state index contributed by atoms with van der Waals surface area (Å²) in [5.41, 5.74) is 5.87. The number of carbonyl (C=O) groups is 1. The predicted molar refractivity (Wildman–Crippen MR) is 62.4 cm³/mol. The monoisotopic (exact) mass is 212 g/mol. The molecule has 88 valence electrons. The molecule has 0 aromatic rings. The highest BCUT2D eigenvalue weighted by Crippen LogP contribution is 2.20. The Hall–Kier alpha value is -0.570. The van der Waals surface area contributed by atoms with E-state index in [2.05, 4.69) is 6.92 Å². The normalized spacial score (nSPS) is 20.7. The van der Waals surface area contributed by atoms with Crippen molar-refractivity contribution in [2.24, 2.45) is 17.6 Å². The molecule has 1 rings (SSSR count). The zero-order valence-electron chi connectivity index (χ0n) is 10.2. The number of carbonyl (C=O) groups excluding carboxylic acids is 1. The van der Waals surface area contributed by atoms with Gasteiger partial charge in [-0.2, -0.15) is 0 Å². The molecule has 0 radical (unpaired) electrons. The number of piperidine rings is 1. The maximum atomic E-state index is 11.9. The van der Waals surface area contributed by atoms with Crippen LogP contribution < -0.4 is 5.73 Å². The van der Waals surface area contributed by atoms with Crippen LogP contribution in [0.2, 0.25) is 0 Å². The van der Waals surface area contributed by atoms with Gasteiger partial charge in [-0.15, -0.1) is 0 Å². The van der Waals surface area contributed by atoms with E-state index in [1.54, 1.807) is 0 Å². The van der Waals surface area contributed by atoms with Crippen molar-refractivity contribution in [3.05, 3.63) is 0 Å². The molecule has 1 saturated heterocycles. The summed E-state index contributed by atoms with van der Waals surface area (Å²) in [4.78, 5) is 13.9. The SMILES string of the molecule is CCC1CCN(C(=O)[C@H](N)C(C)C)CC1. The second kappa shape index (κ2) is 5.50. The summed E-state index contributed by atoms with van der Waals surface area (Å²) in [7, 11) is 0. The van der Waals surface area contributed by atoms with Crippen LogP contribution in [0.4, 0.5) is 0 Å². The number of likely N-dealkylation sites (tertiary alicyclic amines) is 1. The molecule has 0 saturated carbocycles. The lowest BCUT2D eigenvalue weighted by Gasteiger charge is -2.33. The van der Waals surface area contributed by atoms with Crippen molar-refractivity contribution in [2.45, 2.75) is 46.1 Å². The second-order valence-corrected chi connectivity index (χ2v) is 4.95. The third-order valence-corrected chi connectivity index (χ3v) is 3.51. The average Bonchev–Trinajstić information content (AvgIpc) is 2.27. The highest BCUT2D eigenvalue weighted by Gasteiger charge is 2.26. The summed E-state index contributed by atoms with van der Waals surface area (Å²) >= 11 is 0. The van der Waals surface area contributed by atoms with E-state index < -0.39 is 0 Å². The molecule has 0 spiro atoms. The quantitative estimate of drug-likeness (QED) is 0.772. The van der Waals surface area contributed by atoms with Crippen molar-refractivity contribution in [1.82, 2.24) is 4.90 Å². The van der Waals surface area contributed by atoms with E-state index >= 15 is 0 Å². The van der Waals surface area contributed by atoms with Gasteiger partial charge in [0.05, 0.1) is 6.04 Å². The number of hydrogen-bond donors (Lipinski definition) is 1. The van der Waals surface area contributed by atoms with E-state index in [0.29, 0.717) is 0 Å². The zero-order chi connectivity index (χ0) is 11.4. The first-order chi connectivity index (χ1) is 7.06. The molecule has 0 unspecified atom stereocenters. The molecule has 1 amide bonds. The Morgan fingerprint density at radius 1 is 1.40 bits per heavy atom. The lowest BCUT2D eigenvalue weighted by molar-refractivity contribution is -0.135. The fourth-order valence-corrected chi connectivity index (χ4v) is 2.06. The minimum absolute atomic E-state index is 0.138. The molecule has 0 aromatic carbocycles. The van der Waals surface area contributed by atoms with E-state index in [-0.39, 0.29) is 17.9 Å². The molecular formula is C12H24N2O. The van der Waals surface area contributed by atoms with E-state index in [4.69, 9.17) is 5.73 Å². The summed E-state index contributed by atoms with van der Waals surface area (Å²) in [6, 6.07) is -0.317. The van der Waals surface area contributed by atoms with Gasteiger partial charge in [-0.05, 0) is 24.7 Å². The molecule has 0 aromatic heterocycles. The molecule has 0 aliphatic carbocycles. The van der Waals surface area contributed by atoms with Gasteiger partial charge in [0.25, 0.3) is 0 Å². The summed E-state index contributed by atoms with van der Waals surface area (Å²) in [6.45, 7) is 8.03. The Morgan fingerprint density at radius 2 is 1.93 bits per heavy atom. The van der Waals surface area contributed by atoms with Crippen LogP contribution in [0.1, 0.15) is 40.0 Å². The van der Waals surface area contributed by atoms with Gasteiger partial charge in [0, 0.05) is 13.1 Å². The molecule has 1 fully saturated rings. The van der Waals surface area contributed by atoms with Crippen molar-refractivity contribution >= 4 is 5.91 Å². The van der Waals surface area contributed by atoms with Crippen molar-refractivity contribution in [3.63, 3.8) is 0 Å². The van der Waals surface area contributed by atoms with E-state index in [1.807, 2.05) is 18.7 Å². The Morgan fingerprint density at radius 3 is 2.33 bits per heavy atom. The topological polar surface area (TPSA) is 46.3 Å². The standard InChI is InChI=1S/C12H24N2O/c1-4-10-5-7-14(8-6-10)12(15)11(13)9(2)3/h9-11H,4-8,13H2,1-3H3/t11-/m1/s1. The maximum absolute atomic E-state index is 11.9. The van der Waals surface area contributed by atoms with Crippen LogP contribution in [0.5, 0.6) is 0 Å². The van der Waals surface area contributed by atoms with Crippen LogP contribution in [-0.4, -0.2) is 29.9 Å². The number of rotatable bonds is 3. The molecule has 0 bridgehead atoms. The smallest absolute Gasteiger partial charge is 0.239 e. The highest BCUT2D eigenvalue weighted by atomic mass is 16.2. The van der Waals surface area contributed by atoms with Gasteiger partial charge in [-0.25, -0.2) is 0 Å². The number of nitrogens with two attached hydrogens (primary N) is 1. The predicted octanol–water partition coefficient (Wildman–Crippen LogP) is 1.62. The molecule has 1 aliphatic rings. The van der Waals surface area contributed by atoms with Crippen molar-refractivity contribution in [2.75, 3.05) is 13.1 Å². The average molecular weight is 212 g/mol. The fourth-order valence-electron chi connectivity index (χ4n) is 2.06. The van der Waals surface area contributed by atoms with Crippen LogP contribution in [-0.2, 0) is 4.79 Å².